The van der Waals surface area contributed by atoms with Crippen LogP contribution in [-0.2, 0) is 14.4 Å². The second kappa shape index (κ2) is 6.67. The normalized spacial score (nSPS) is 30.0. The summed E-state index contributed by atoms with van der Waals surface area (Å²) in [6.45, 7) is 7.18. The summed E-state index contributed by atoms with van der Waals surface area (Å²) in [5.41, 5.74) is 0. The van der Waals surface area contributed by atoms with Crippen LogP contribution in [0, 0.1) is 17.8 Å². The average Bonchev–Trinajstić information content (AvgIpc) is 3.01. The Morgan fingerprint density at radius 1 is 1.32 bits per heavy atom. The minimum atomic E-state index is -0.844. The molecule has 0 aromatic rings. The zero-order valence-electron chi connectivity index (χ0n) is 13.6. The number of carbonyl (C=O) groups excluding carboxylic acids is 2. The summed E-state index contributed by atoms with van der Waals surface area (Å²) >= 11 is 0. The third kappa shape index (κ3) is 3.25. The fraction of sp³-hybridized carbons (Fsp3) is 0.812. The van der Waals surface area contributed by atoms with Gasteiger partial charge in [-0.1, -0.05) is 20.3 Å². The van der Waals surface area contributed by atoms with Gasteiger partial charge in [0.25, 0.3) is 0 Å². The Balaban J connectivity index is 1.97. The molecule has 0 aromatic carbocycles. The molecule has 2 aliphatic heterocycles. The lowest BCUT2D eigenvalue weighted by atomic mass is 9.99. The molecule has 0 bridgehead atoms. The van der Waals surface area contributed by atoms with Crippen molar-refractivity contribution in [2.45, 2.75) is 46.1 Å². The molecule has 1 N–H and O–H groups in total. The molecule has 124 valence electrons. The van der Waals surface area contributed by atoms with Crippen LogP contribution in [0.5, 0.6) is 0 Å². The van der Waals surface area contributed by atoms with Gasteiger partial charge in [0.05, 0.1) is 11.8 Å². The molecule has 4 atom stereocenters. The predicted octanol–water partition coefficient (Wildman–Crippen LogP) is 1.20. The van der Waals surface area contributed by atoms with Gasteiger partial charge in [-0.3, -0.25) is 14.4 Å². The smallest absolute Gasteiger partial charge is 0.308 e. The molecule has 0 spiro atoms. The molecule has 2 rings (SSSR count). The number of likely N-dealkylation sites (tertiary alicyclic amines) is 2. The minimum Gasteiger partial charge on any atom is -0.481 e. The van der Waals surface area contributed by atoms with E-state index in [4.69, 9.17) is 5.11 Å². The first-order chi connectivity index (χ1) is 10.3. The molecule has 0 aromatic heterocycles. The molecule has 6 nitrogen and oxygen atoms in total. The van der Waals surface area contributed by atoms with Crippen LogP contribution < -0.4 is 0 Å². The van der Waals surface area contributed by atoms with Crippen molar-refractivity contribution in [1.82, 2.24) is 9.80 Å². The predicted molar refractivity (Wildman–Crippen MR) is 81.1 cm³/mol. The molecular formula is C16H26N2O4. The summed E-state index contributed by atoms with van der Waals surface area (Å²) in [5, 5.41) is 9.16. The Hall–Kier alpha value is -1.59. The van der Waals surface area contributed by atoms with E-state index in [0.29, 0.717) is 13.1 Å². The summed E-state index contributed by atoms with van der Waals surface area (Å²) in [5.74, 6) is -1.70. The van der Waals surface area contributed by atoms with E-state index in [0.717, 1.165) is 12.8 Å². The highest BCUT2D eigenvalue weighted by atomic mass is 16.4. The first-order valence-electron chi connectivity index (χ1n) is 8.16. The lowest BCUT2D eigenvalue weighted by molar-refractivity contribution is -0.142. The number of amides is 2. The fourth-order valence-corrected chi connectivity index (χ4v) is 3.62. The van der Waals surface area contributed by atoms with Crippen molar-refractivity contribution in [3.63, 3.8) is 0 Å². The SMILES string of the molecule is CCCC(C)N1CC(C(=O)N2C[C@@H](C)[C@H](C(=O)O)C2)CC1=O. The van der Waals surface area contributed by atoms with Crippen molar-refractivity contribution in [2.75, 3.05) is 19.6 Å². The van der Waals surface area contributed by atoms with Gasteiger partial charge in [0.2, 0.25) is 11.8 Å². The van der Waals surface area contributed by atoms with Crippen molar-refractivity contribution in [3.05, 3.63) is 0 Å². The molecule has 22 heavy (non-hydrogen) atoms. The molecule has 2 unspecified atom stereocenters. The van der Waals surface area contributed by atoms with E-state index in [1.165, 1.54) is 0 Å². The van der Waals surface area contributed by atoms with Gasteiger partial charge in [-0.2, -0.15) is 0 Å². The highest BCUT2D eigenvalue weighted by Crippen LogP contribution is 2.28. The van der Waals surface area contributed by atoms with Crippen molar-refractivity contribution in [1.29, 1.82) is 0 Å². The van der Waals surface area contributed by atoms with E-state index in [-0.39, 0.29) is 42.7 Å². The van der Waals surface area contributed by atoms with Gasteiger partial charge in [0.1, 0.15) is 0 Å². The van der Waals surface area contributed by atoms with E-state index < -0.39 is 11.9 Å². The summed E-state index contributed by atoms with van der Waals surface area (Å²) in [4.78, 5) is 39.3. The van der Waals surface area contributed by atoms with Crippen LogP contribution in [0.3, 0.4) is 0 Å². The number of rotatable bonds is 5. The number of aliphatic carboxylic acids is 1. The van der Waals surface area contributed by atoms with Gasteiger partial charge in [-0.15, -0.1) is 0 Å². The van der Waals surface area contributed by atoms with Crippen LogP contribution in [0.2, 0.25) is 0 Å². The Bertz CT molecular complexity index is 465. The lowest BCUT2D eigenvalue weighted by Crippen LogP contribution is -2.38. The lowest BCUT2D eigenvalue weighted by Gasteiger charge is -2.25. The zero-order chi connectivity index (χ0) is 16.4. The third-order valence-electron chi connectivity index (χ3n) is 4.99. The summed E-state index contributed by atoms with van der Waals surface area (Å²) in [7, 11) is 0. The van der Waals surface area contributed by atoms with E-state index in [2.05, 4.69) is 6.92 Å². The number of carbonyl (C=O) groups is 3. The molecular weight excluding hydrogens is 284 g/mol. The van der Waals surface area contributed by atoms with E-state index in [9.17, 15) is 14.4 Å². The molecule has 2 fully saturated rings. The molecule has 0 radical (unpaired) electrons. The molecule has 6 heteroatoms. The first-order valence-corrected chi connectivity index (χ1v) is 8.16. The Morgan fingerprint density at radius 3 is 2.55 bits per heavy atom. The number of hydrogen-bond donors (Lipinski definition) is 1. The maximum absolute atomic E-state index is 12.6. The maximum Gasteiger partial charge on any atom is 0.308 e. The van der Waals surface area contributed by atoms with Crippen LogP contribution in [0.1, 0.15) is 40.0 Å². The van der Waals surface area contributed by atoms with Crippen LogP contribution in [0.15, 0.2) is 0 Å². The number of nitrogens with zero attached hydrogens (tertiary/aromatic N) is 2. The first kappa shape index (κ1) is 16.8. The van der Waals surface area contributed by atoms with Crippen LogP contribution >= 0.6 is 0 Å². The number of carboxylic acid groups (broad SMARTS) is 1. The molecule has 0 aliphatic carbocycles. The average molecular weight is 310 g/mol. The second-order valence-electron chi connectivity index (χ2n) is 6.75. The molecule has 2 aliphatic rings. The third-order valence-corrected chi connectivity index (χ3v) is 4.99. The fourth-order valence-electron chi connectivity index (χ4n) is 3.62. The van der Waals surface area contributed by atoms with Crippen molar-refractivity contribution < 1.29 is 19.5 Å². The van der Waals surface area contributed by atoms with Gasteiger partial charge in [-0.25, -0.2) is 0 Å². The minimum absolute atomic E-state index is 0.0336. The zero-order valence-corrected chi connectivity index (χ0v) is 13.6. The Morgan fingerprint density at radius 2 is 2.00 bits per heavy atom. The standard InChI is InChI=1S/C16H26N2O4/c1-4-5-11(3)18-8-12(6-14(18)19)15(20)17-7-10(2)13(9-17)16(21)22/h10-13H,4-9H2,1-3H3,(H,21,22)/t10-,11?,12?,13-/m1/s1. The van der Waals surface area contributed by atoms with E-state index in [1.54, 1.807) is 9.80 Å². The quantitative estimate of drug-likeness (QED) is 0.828. The Kier molecular flexibility index (Phi) is 5.08. The highest BCUT2D eigenvalue weighted by Gasteiger charge is 2.42. The summed E-state index contributed by atoms with van der Waals surface area (Å²) < 4.78 is 0. The molecule has 2 amide bonds. The highest BCUT2D eigenvalue weighted by molar-refractivity contribution is 5.90. The maximum atomic E-state index is 12.6. The summed E-state index contributed by atoms with van der Waals surface area (Å²) in [6.07, 6.45) is 2.21. The van der Waals surface area contributed by atoms with Gasteiger partial charge in [-0.05, 0) is 19.3 Å². The van der Waals surface area contributed by atoms with Crippen molar-refractivity contribution in [3.8, 4) is 0 Å². The number of carboxylic acids is 1. The second-order valence-corrected chi connectivity index (χ2v) is 6.75. The van der Waals surface area contributed by atoms with Crippen molar-refractivity contribution >= 4 is 17.8 Å². The van der Waals surface area contributed by atoms with Gasteiger partial charge < -0.3 is 14.9 Å². The Labute approximate surface area is 131 Å². The van der Waals surface area contributed by atoms with Crippen LogP contribution in [0.25, 0.3) is 0 Å². The topological polar surface area (TPSA) is 77.9 Å². The molecule has 2 saturated heterocycles. The summed E-state index contributed by atoms with van der Waals surface area (Å²) in [6, 6.07) is 0.166. The van der Waals surface area contributed by atoms with E-state index in [1.807, 2.05) is 13.8 Å². The number of hydrogen-bond acceptors (Lipinski definition) is 3. The van der Waals surface area contributed by atoms with E-state index >= 15 is 0 Å². The van der Waals surface area contributed by atoms with Crippen LogP contribution in [-0.4, -0.2) is 58.4 Å². The van der Waals surface area contributed by atoms with Crippen LogP contribution in [0.4, 0.5) is 0 Å². The van der Waals surface area contributed by atoms with Gasteiger partial charge >= 0.3 is 5.97 Å². The largest absolute Gasteiger partial charge is 0.481 e. The van der Waals surface area contributed by atoms with Gasteiger partial charge in [0.15, 0.2) is 0 Å². The van der Waals surface area contributed by atoms with Crippen molar-refractivity contribution in [2.24, 2.45) is 17.8 Å². The monoisotopic (exact) mass is 310 g/mol. The molecule has 0 saturated carbocycles. The molecule has 2 heterocycles. The van der Waals surface area contributed by atoms with Gasteiger partial charge in [0, 0.05) is 32.1 Å².